The van der Waals surface area contributed by atoms with Crippen LogP contribution in [-0.2, 0) is 6.42 Å². The van der Waals surface area contributed by atoms with Gasteiger partial charge in [-0.05, 0) is 61.3 Å². The van der Waals surface area contributed by atoms with E-state index < -0.39 is 0 Å². The molecule has 0 saturated carbocycles. The van der Waals surface area contributed by atoms with Crippen molar-refractivity contribution < 1.29 is 13.9 Å². The Labute approximate surface area is 182 Å². The number of rotatable bonds is 6. The molecule has 0 bridgehead atoms. The summed E-state index contributed by atoms with van der Waals surface area (Å²) < 4.78 is 16.6. The molecule has 30 heavy (non-hydrogen) atoms. The smallest absolute Gasteiger partial charge is 0.198 e. The van der Waals surface area contributed by atoms with Gasteiger partial charge in [0, 0.05) is 25.6 Å². The van der Waals surface area contributed by atoms with E-state index in [1.165, 1.54) is 5.56 Å². The van der Waals surface area contributed by atoms with Gasteiger partial charge in [0.2, 0.25) is 0 Å². The first kappa shape index (κ1) is 20.5. The van der Waals surface area contributed by atoms with Crippen LogP contribution >= 0.6 is 12.2 Å². The van der Waals surface area contributed by atoms with E-state index in [9.17, 15) is 0 Å². The number of hydrogen-bond acceptors (Lipinski definition) is 5. The average molecular weight is 426 g/mol. The van der Waals surface area contributed by atoms with Crippen molar-refractivity contribution in [1.82, 2.24) is 15.2 Å². The molecule has 7 heteroatoms. The molecule has 0 atom stereocenters. The molecule has 0 aliphatic carbocycles. The highest BCUT2D eigenvalue weighted by Gasteiger charge is 2.25. The molecule has 3 aromatic rings. The Balaban J connectivity index is 1.25. The fourth-order valence-electron chi connectivity index (χ4n) is 3.86. The number of thiocarbonyl (C=S) groups is 1. The highest BCUT2D eigenvalue weighted by atomic mass is 32.1. The molecule has 2 aromatic carbocycles. The fraction of sp³-hybridized carbons (Fsp3) is 0.391. The largest absolute Gasteiger partial charge is 0.493 e. The maximum absolute atomic E-state index is 5.96. The van der Waals surface area contributed by atoms with Gasteiger partial charge in [0.25, 0.3) is 0 Å². The summed E-state index contributed by atoms with van der Waals surface area (Å²) in [5.41, 5.74) is 2.97. The minimum absolute atomic E-state index is 0.350. The van der Waals surface area contributed by atoms with Crippen LogP contribution in [0.2, 0.25) is 0 Å². The first-order valence-electron chi connectivity index (χ1n) is 10.3. The van der Waals surface area contributed by atoms with Gasteiger partial charge in [0.15, 0.2) is 28.1 Å². The summed E-state index contributed by atoms with van der Waals surface area (Å²) in [7, 11) is 3.30. The van der Waals surface area contributed by atoms with E-state index in [-0.39, 0.29) is 0 Å². The Bertz CT molecular complexity index is 979. The van der Waals surface area contributed by atoms with Crippen LogP contribution < -0.4 is 14.8 Å². The molecule has 4 rings (SSSR count). The molecule has 1 N–H and O–H groups in total. The van der Waals surface area contributed by atoms with Crippen molar-refractivity contribution in [2.75, 3.05) is 33.9 Å². The molecule has 1 aliphatic heterocycles. The van der Waals surface area contributed by atoms with Crippen molar-refractivity contribution in [3.05, 3.63) is 53.9 Å². The predicted octanol–water partition coefficient (Wildman–Crippen LogP) is 4.14. The van der Waals surface area contributed by atoms with E-state index in [0.717, 1.165) is 72.5 Å². The Kier molecular flexibility index (Phi) is 6.38. The van der Waals surface area contributed by atoms with Gasteiger partial charge in [-0.1, -0.05) is 18.2 Å². The number of oxazole rings is 1. The molecule has 1 aromatic heterocycles. The Hall–Kier alpha value is -2.80. The summed E-state index contributed by atoms with van der Waals surface area (Å²) in [5.74, 6) is 2.69. The topological polar surface area (TPSA) is 59.8 Å². The Morgan fingerprint density at radius 2 is 1.90 bits per heavy atom. The number of nitrogens with one attached hydrogen (secondary N) is 1. The van der Waals surface area contributed by atoms with Crippen molar-refractivity contribution in [3.8, 4) is 11.5 Å². The molecule has 0 radical (unpaired) electrons. The first-order chi connectivity index (χ1) is 14.7. The van der Waals surface area contributed by atoms with Gasteiger partial charge in [-0.25, -0.2) is 4.98 Å². The van der Waals surface area contributed by atoms with Gasteiger partial charge >= 0.3 is 0 Å². The maximum atomic E-state index is 5.96. The zero-order chi connectivity index (χ0) is 20.9. The summed E-state index contributed by atoms with van der Waals surface area (Å²) in [6.07, 6.45) is 2.84. The molecule has 0 unspecified atom stereocenters. The maximum Gasteiger partial charge on any atom is 0.198 e. The highest BCUT2D eigenvalue weighted by molar-refractivity contribution is 7.80. The number of nitrogens with zero attached hydrogens (tertiary/aromatic N) is 2. The number of fused-ring (bicyclic) bond motifs is 1. The van der Waals surface area contributed by atoms with Crippen LogP contribution in [0, 0.1) is 0 Å². The highest BCUT2D eigenvalue weighted by Crippen LogP contribution is 2.30. The third-order valence-electron chi connectivity index (χ3n) is 5.58. The number of hydrogen-bond donors (Lipinski definition) is 1. The summed E-state index contributed by atoms with van der Waals surface area (Å²) in [4.78, 5) is 6.90. The van der Waals surface area contributed by atoms with Gasteiger partial charge in [-0.15, -0.1) is 0 Å². The number of methoxy groups -OCH3 is 2. The zero-order valence-electron chi connectivity index (χ0n) is 17.4. The van der Waals surface area contributed by atoms with Crippen molar-refractivity contribution in [2.24, 2.45) is 0 Å². The number of aromatic nitrogens is 1. The van der Waals surface area contributed by atoms with Gasteiger partial charge < -0.3 is 24.1 Å². The van der Waals surface area contributed by atoms with E-state index in [1.807, 2.05) is 36.4 Å². The molecule has 0 amide bonds. The average Bonchev–Trinajstić information content (AvgIpc) is 3.23. The van der Waals surface area contributed by atoms with E-state index in [4.69, 9.17) is 26.1 Å². The van der Waals surface area contributed by atoms with E-state index in [1.54, 1.807) is 14.2 Å². The lowest BCUT2D eigenvalue weighted by Crippen LogP contribution is -2.44. The normalized spacial score (nSPS) is 14.7. The second-order valence-corrected chi connectivity index (χ2v) is 7.84. The number of ether oxygens (including phenoxy) is 2. The van der Waals surface area contributed by atoms with Crippen LogP contribution in [0.5, 0.6) is 11.5 Å². The van der Waals surface area contributed by atoms with Crippen LogP contribution in [0.1, 0.15) is 30.2 Å². The summed E-state index contributed by atoms with van der Waals surface area (Å²) in [6, 6.07) is 13.9. The Morgan fingerprint density at radius 1 is 1.13 bits per heavy atom. The van der Waals surface area contributed by atoms with Gasteiger partial charge in [-0.3, -0.25) is 0 Å². The summed E-state index contributed by atoms with van der Waals surface area (Å²) >= 11 is 5.62. The van der Waals surface area contributed by atoms with E-state index in [0.29, 0.717) is 5.92 Å². The lowest BCUT2D eigenvalue weighted by Gasteiger charge is -2.32. The molecular weight excluding hydrogens is 398 g/mol. The second-order valence-electron chi connectivity index (χ2n) is 7.45. The SMILES string of the molecule is COc1ccc(CCNC(=S)N2CCC(c3nc4ccccc4o3)CC2)cc1OC. The van der Waals surface area contributed by atoms with Crippen molar-refractivity contribution >= 4 is 28.4 Å². The van der Waals surface area contributed by atoms with E-state index in [2.05, 4.69) is 21.3 Å². The molecule has 0 spiro atoms. The van der Waals surface area contributed by atoms with E-state index >= 15 is 0 Å². The molecule has 6 nitrogen and oxygen atoms in total. The zero-order valence-corrected chi connectivity index (χ0v) is 18.2. The lowest BCUT2D eigenvalue weighted by molar-refractivity contribution is 0.285. The van der Waals surface area contributed by atoms with Gasteiger partial charge in [0.05, 0.1) is 14.2 Å². The summed E-state index contributed by atoms with van der Waals surface area (Å²) in [5, 5.41) is 4.20. The second kappa shape index (κ2) is 9.34. The summed E-state index contributed by atoms with van der Waals surface area (Å²) in [6.45, 7) is 2.59. The van der Waals surface area contributed by atoms with Crippen molar-refractivity contribution in [3.63, 3.8) is 0 Å². The molecule has 1 saturated heterocycles. The first-order valence-corrected chi connectivity index (χ1v) is 10.7. The monoisotopic (exact) mass is 425 g/mol. The van der Waals surface area contributed by atoms with Crippen LogP contribution in [0.4, 0.5) is 0 Å². The van der Waals surface area contributed by atoms with Gasteiger partial charge in [-0.2, -0.15) is 0 Å². The van der Waals surface area contributed by atoms with Crippen molar-refractivity contribution in [2.45, 2.75) is 25.2 Å². The quantitative estimate of drug-likeness (QED) is 0.596. The molecule has 158 valence electrons. The third-order valence-corrected chi connectivity index (χ3v) is 5.98. The molecule has 1 fully saturated rings. The van der Waals surface area contributed by atoms with Crippen LogP contribution in [0.25, 0.3) is 11.1 Å². The lowest BCUT2D eigenvalue weighted by atomic mass is 9.97. The van der Waals surface area contributed by atoms with Crippen LogP contribution in [0.15, 0.2) is 46.9 Å². The predicted molar refractivity (Wildman–Crippen MR) is 121 cm³/mol. The third kappa shape index (κ3) is 4.51. The number of piperidine rings is 1. The molecular formula is C23H27N3O3S. The van der Waals surface area contributed by atoms with Crippen molar-refractivity contribution in [1.29, 1.82) is 0 Å². The number of para-hydroxylation sites is 2. The van der Waals surface area contributed by atoms with Crippen LogP contribution in [-0.4, -0.2) is 48.9 Å². The number of likely N-dealkylation sites (tertiary alicyclic amines) is 1. The number of benzene rings is 2. The molecule has 1 aliphatic rings. The fourth-order valence-corrected chi connectivity index (χ4v) is 4.14. The standard InChI is InChI=1S/C23H27N3O3S/c1-27-20-8-7-16(15-21(20)28-2)9-12-24-23(30)26-13-10-17(11-14-26)22-25-18-5-3-4-6-19(18)29-22/h3-8,15,17H,9-14H2,1-2H3,(H,24,30). The molecule has 2 heterocycles. The van der Waals surface area contributed by atoms with Crippen LogP contribution in [0.3, 0.4) is 0 Å². The minimum Gasteiger partial charge on any atom is -0.493 e. The van der Waals surface area contributed by atoms with Gasteiger partial charge in [0.1, 0.15) is 5.52 Å². The minimum atomic E-state index is 0.350. The Morgan fingerprint density at radius 3 is 2.63 bits per heavy atom.